The molecular formula is C16H33N3Ti. The van der Waals surface area contributed by atoms with E-state index < -0.39 is 0 Å². The van der Waals surface area contributed by atoms with Crippen molar-refractivity contribution in [2.75, 3.05) is 42.3 Å². The van der Waals surface area contributed by atoms with Gasteiger partial charge < -0.3 is 16.0 Å². The SMILES string of the molecule is CC1=[C-]C(C)(C)C(C)=C1C.C[N-]C.C[N-]C.C[N-]C.[Ti+4]. The summed E-state index contributed by atoms with van der Waals surface area (Å²) in [4.78, 5) is 0. The van der Waals surface area contributed by atoms with Gasteiger partial charge in [-0.25, -0.2) is 5.57 Å². The largest absolute Gasteiger partial charge is 4.00 e. The number of hydrogen-bond acceptors (Lipinski definition) is 0. The van der Waals surface area contributed by atoms with Gasteiger partial charge in [-0.15, -0.1) is 6.92 Å². The first-order valence-electron chi connectivity index (χ1n) is 6.43. The second kappa shape index (κ2) is 17.1. The maximum Gasteiger partial charge on any atom is 4.00 e. The van der Waals surface area contributed by atoms with Gasteiger partial charge in [0.1, 0.15) is 0 Å². The molecule has 0 heterocycles. The molecule has 0 aromatic heterocycles. The fourth-order valence-corrected chi connectivity index (χ4v) is 1.41. The van der Waals surface area contributed by atoms with Gasteiger partial charge in [-0.1, -0.05) is 33.1 Å². The zero-order valence-corrected chi connectivity index (χ0v) is 16.9. The van der Waals surface area contributed by atoms with Gasteiger partial charge in [0, 0.05) is 0 Å². The van der Waals surface area contributed by atoms with Crippen LogP contribution in [0.2, 0.25) is 0 Å². The Bertz CT molecular complexity index is 264. The summed E-state index contributed by atoms with van der Waals surface area (Å²) in [5.41, 5.74) is 4.39. The first-order valence-corrected chi connectivity index (χ1v) is 6.43. The van der Waals surface area contributed by atoms with Crippen LogP contribution in [0, 0.1) is 11.5 Å². The number of rotatable bonds is 0. The molecule has 0 radical (unpaired) electrons. The van der Waals surface area contributed by atoms with Gasteiger partial charge in [0.2, 0.25) is 0 Å². The molecule has 0 aromatic rings. The van der Waals surface area contributed by atoms with E-state index in [2.05, 4.69) is 56.6 Å². The standard InChI is InChI=1S/C10H15.3C2H6N.Ti/c1-7-6-10(4,5)9(3)8(7)2;3*1-3-2;/h1-5H3;3*1-2H3;/q4*-1;+4. The second-order valence-corrected chi connectivity index (χ2v) is 4.97. The Labute approximate surface area is 143 Å². The third kappa shape index (κ3) is 14.5. The van der Waals surface area contributed by atoms with Crippen molar-refractivity contribution in [3.8, 4) is 0 Å². The van der Waals surface area contributed by atoms with E-state index in [0.29, 0.717) is 0 Å². The van der Waals surface area contributed by atoms with Crippen LogP contribution in [0.15, 0.2) is 16.7 Å². The molecule has 0 aliphatic heterocycles. The smallest absolute Gasteiger partial charge is 0.668 e. The Kier molecular flexibility index (Phi) is 24.2. The molecule has 0 unspecified atom stereocenters. The van der Waals surface area contributed by atoms with Crippen LogP contribution in [-0.4, -0.2) is 42.3 Å². The monoisotopic (exact) mass is 315 g/mol. The van der Waals surface area contributed by atoms with Crippen LogP contribution in [-0.2, 0) is 21.7 Å². The van der Waals surface area contributed by atoms with Gasteiger partial charge >= 0.3 is 21.7 Å². The summed E-state index contributed by atoms with van der Waals surface area (Å²) in [5.74, 6) is 0. The molecule has 1 aliphatic rings. The molecule has 0 N–H and O–H groups in total. The molecule has 0 saturated carbocycles. The minimum Gasteiger partial charge on any atom is -0.668 e. The van der Waals surface area contributed by atoms with Crippen molar-refractivity contribution >= 4 is 0 Å². The third-order valence-corrected chi connectivity index (χ3v) is 2.56. The normalized spacial score (nSPS) is 14.4. The summed E-state index contributed by atoms with van der Waals surface area (Å²) in [6.07, 6.45) is 3.44. The fourth-order valence-electron chi connectivity index (χ4n) is 1.41. The van der Waals surface area contributed by atoms with Crippen LogP contribution in [0.25, 0.3) is 16.0 Å². The van der Waals surface area contributed by atoms with Crippen LogP contribution in [0.3, 0.4) is 0 Å². The van der Waals surface area contributed by atoms with Gasteiger partial charge in [-0.2, -0.15) is 53.4 Å². The number of nitrogens with zero attached hydrogens (tertiary/aromatic N) is 3. The van der Waals surface area contributed by atoms with Gasteiger partial charge in [0.05, 0.1) is 0 Å². The third-order valence-electron chi connectivity index (χ3n) is 2.56. The van der Waals surface area contributed by atoms with Crippen molar-refractivity contribution in [3.63, 3.8) is 0 Å². The molecule has 1 aliphatic carbocycles. The summed E-state index contributed by atoms with van der Waals surface area (Å²) in [6, 6.07) is 0. The first-order chi connectivity index (χ1) is 8.69. The second-order valence-electron chi connectivity index (χ2n) is 4.97. The summed E-state index contributed by atoms with van der Waals surface area (Å²) in [5, 5.41) is 10.5. The molecule has 20 heavy (non-hydrogen) atoms. The average molecular weight is 315 g/mol. The van der Waals surface area contributed by atoms with Crippen LogP contribution in [0.5, 0.6) is 0 Å². The number of hydrogen-bond donors (Lipinski definition) is 0. The minimum absolute atomic E-state index is 0. The van der Waals surface area contributed by atoms with Crippen molar-refractivity contribution in [2.45, 2.75) is 34.6 Å². The van der Waals surface area contributed by atoms with Crippen LogP contribution < -0.4 is 0 Å². The summed E-state index contributed by atoms with van der Waals surface area (Å²) >= 11 is 0. The zero-order valence-electron chi connectivity index (χ0n) is 15.3. The van der Waals surface area contributed by atoms with Crippen molar-refractivity contribution in [2.24, 2.45) is 5.41 Å². The van der Waals surface area contributed by atoms with Gasteiger partial charge in [-0.3, -0.25) is 6.08 Å². The molecule has 1 rings (SSSR count). The Morgan fingerprint density at radius 2 is 1.00 bits per heavy atom. The van der Waals surface area contributed by atoms with E-state index in [1.165, 1.54) is 16.7 Å². The van der Waals surface area contributed by atoms with E-state index in [4.69, 9.17) is 0 Å². The molecule has 116 valence electrons. The Morgan fingerprint density at radius 1 is 0.750 bits per heavy atom. The summed E-state index contributed by atoms with van der Waals surface area (Å²) < 4.78 is 0. The molecule has 0 aromatic carbocycles. The van der Waals surface area contributed by atoms with Crippen LogP contribution in [0.1, 0.15) is 34.6 Å². The molecule has 3 nitrogen and oxygen atoms in total. The molecule has 0 amide bonds. The molecule has 0 spiro atoms. The molecule has 0 saturated heterocycles. The van der Waals surface area contributed by atoms with Gasteiger partial charge in [0.25, 0.3) is 0 Å². The minimum atomic E-state index is 0. The van der Waals surface area contributed by atoms with Crippen LogP contribution in [0.4, 0.5) is 0 Å². The van der Waals surface area contributed by atoms with E-state index in [1.54, 1.807) is 42.3 Å². The van der Waals surface area contributed by atoms with Crippen molar-refractivity contribution < 1.29 is 21.7 Å². The topological polar surface area (TPSA) is 42.3 Å². The maximum absolute atomic E-state index is 3.50. The number of allylic oxidation sites excluding steroid dienone is 4. The van der Waals surface area contributed by atoms with E-state index in [-0.39, 0.29) is 27.1 Å². The molecule has 0 bridgehead atoms. The predicted molar refractivity (Wildman–Crippen MR) is 90.2 cm³/mol. The van der Waals surface area contributed by atoms with Crippen molar-refractivity contribution in [3.05, 3.63) is 38.7 Å². The van der Waals surface area contributed by atoms with Crippen LogP contribution >= 0.6 is 0 Å². The average Bonchev–Trinajstić information content (AvgIpc) is 2.45. The molecule has 4 heteroatoms. The van der Waals surface area contributed by atoms with Gasteiger partial charge in [-0.05, 0) is 0 Å². The van der Waals surface area contributed by atoms with E-state index in [9.17, 15) is 0 Å². The van der Waals surface area contributed by atoms with Gasteiger partial charge in [0.15, 0.2) is 0 Å². The Hall–Kier alpha value is 0.0743. The van der Waals surface area contributed by atoms with E-state index >= 15 is 0 Å². The zero-order chi connectivity index (χ0) is 16.1. The van der Waals surface area contributed by atoms with E-state index in [0.717, 1.165) is 0 Å². The molecule has 0 fully saturated rings. The first kappa shape index (κ1) is 28.3. The fraction of sp³-hybridized carbons (Fsp3) is 0.750. The van der Waals surface area contributed by atoms with E-state index in [1.807, 2.05) is 0 Å². The molecule has 0 atom stereocenters. The Morgan fingerprint density at radius 3 is 1.05 bits per heavy atom. The molecular weight excluding hydrogens is 282 g/mol. The Balaban J connectivity index is -0.000000108. The van der Waals surface area contributed by atoms with Crippen molar-refractivity contribution in [1.82, 2.24) is 0 Å². The summed E-state index contributed by atoms with van der Waals surface area (Å²) in [6.45, 7) is 10.9. The summed E-state index contributed by atoms with van der Waals surface area (Å²) in [7, 11) is 10.5. The van der Waals surface area contributed by atoms with Crippen molar-refractivity contribution in [1.29, 1.82) is 0 Å². The quantitative estimate of drug-likeness (QED) is 0.447. The predicted octanol–water partition coefficient (Wildman–Crippen LogP) is 4.97. The maximum atomic E-state index is 3.50.